The summed E-state index contributed by atoms with van der Waals surface area (Å²) in [6.45, 7) is 6.80. The lowest BCUT2D eigenvalue weighted by Gasteiger charge is -2.33. The highest BCUT2D eigenvalue weighted by Crippen LogP contribution is 2.44. The van der Waals surface area contributed by atoms with Crippen LogP contribution in [-0.4, -0.2) is 11.8 Å². The summed E-state index contributed by atoms with van der Waals surface area (Å²) in [5.41, 5.74) is 9.70. The van der Waals surface area contributed by atoms with Gasteiger partial charge in [-0.15, -0.1) is 11.3 Å². The van der Waals surface area contributed by atoms with Gasteiger partial charge in [-0.25, -0.2) is 0 Å². The van der Waals surface area contributed by atoms with Gasteiger partial charge in [-0.05, 0) is 47.3 Å². The summed E-state index contributed by atoms with van der Waals surface area (Å²) >= 11 is 1.52. The first-order chi connectivity index (χ1) is 15.7. The number of carbonyl (C=O) groups excluding carboxylic acids is 2. The van der Waals surface area contributed by atoms with E-state index in [0.717, 1.165) is 36.0 Å². The van der Waals surface area contributed by atoms with Gasteiger partial charge in [0, 0.05) is 17.2 Å². The maximum Gasteiger partial charge on any atom is 0.251 e. The van der Waals surface area contributed by atoms with Crippen LogP contribution in [0.25, 0.3) is 0 Å². The van der Waals surface area contributed by atoms with E-state index in [2.05, 4.69) is 50.4 Å². The van der Waals surface area contributed by atoms with Crippen molar-refractivity contribution in [2.45, 2.75) is 52.4 Å². The van der Waals surface area contributed by atoms with Gasteiger partial charge in [-0.3, -0.25) is 9.59 Å². The molecule has 3 N–H and O–H groups in total. The lowest BCUT2D eigenvalue weighted by molar-refractivity contribution is -0.116. The zero-order chi connectivity index (χ0) is 23.6. The van der Waals surface area contributed by atoms with E-state index >= 15 is 0 Å². The molecule has 0 spiro atoms. The molecule has 1 aliphatic carbocycles. The average molecular weight is 461 g/mol. The lowest BCUT2D eigenvalue weighted by Crippen LogP contribution is -2.27. The van der Waals surface area contributed by atoms with Gasteiger partial charge in [-0.1, -0.05) is 81.4 Å². The number of hydrogen-bond donors (Lipinski definition) is 2. The minimum absolute atomic E-state index is 0.0655. The number of amides is 2. The molecule has 4 rings (SSSR count). The van der Waals surface area contributed by atoms with Gasteiger partial charge in [-0.2, -0.15) is 0 Å². The smallest absolute Gasteiger partial charge is 0.251 e. The molecule has 1 aliphatic rings. The van der Waals surface area contributed by atoms with Gasteiger partial charge in [0.05, 0.1) is 5.56 Å². The van der Waals surface area contributed by atoms with Crippen molar-refractivity contribution in [2.75, 3.05) is 5.32 Å². The molecule has 2 aromatic carbocycles. The first-order valence-corrected chi connectivity index (χ1v) is 12.4. The second kappa shape index (κ2) is 9.52. The second-order valence-corrected chi connectivity index (χ2v) is 11.1. The second-order valence-electron chi connectivity index (χ2n) is 10.0. The summed E-state index contributed by atoms with van der Waals surface area (Å²) in [6.07, 6.45) is 3.08. The Morgan fingerprint density at radius 3 is 2.12 bits per heavy atom. The Morgan fingerprint density at radius 2 is 1.61 bits per heavy atom. The molecular formula is C28H32N2O2S. The normalized spacial score (nSPS) is 15.8. The van der Waals surface area contributed by atoms with E-state index in [1.54, 1.807) is 0 Å². The molecule has 172 valence electrons. The van der Waals surface area contributed by atoms with Crippen molar-refractivity contribution in [1.29, 1.82) is 0 Å². The van der Waals surface area contributed by atoms with Gasteiger partial charge in [0.15, 0.2) is 0 Å². The molecule has 5 heteroatoms. The molecule has 0 fully saturated rings. The van der Waals surface area contributed by atoms with Crippen molar-refractivity contribution < 1.29 is 9.59 Å². The summed E-state index contributed by atoms with van der Waals surface area (Å²) in [4.78, 5) is 26.8. The molecule has 1 heterocycles. The number of benzene rings is 2. The Balaban J connectivity index is 1.59. The molecular weight excluding hydrogens is 428 g/mol. The maximum atomic E-state index is 13.2. The summed E-state index contributed by atoms with van der Waals surface area (Å²) in [6, 6.07) is 20.1. The zero-order valence-electron chi connectivity index (χ0n) is 19.6. The highest BCUT2D eigenvalue weighted by molar-refractivity contribution is 7.17. The van der Waals surface area contributed by atoms with Crippen LogP contribution in [0.3, 0.4) is 0 Å². The predicted octanol–water partition coefficient (Wildman–Crippen LogP) is 6.16. The van der Waals surface area contributed by atoms with Crippen LogP contribution in [0.15, 0.2) is 60.7 Å². The largest absolute Gasteiger partial charge is 0.365 e. The van der Waals surface area contributed by atoms with Crippen LogP contribution < -0.4 is 11.1 Å². The molecule has 3 aromatic rings. The van der Waals surface area contributed by atoms with E-state index in [4.69, 9.17) is 5.73 Å². The van der Waals surface area contributed by atoms with E-state index in [9.17, 15) is 9.59 Å². The van der Waals surface area contributed by atoms with Gasteiger partial charge in [0.1, 0.15) is 5.00 Å². The standard InChI is InChI=1S/C28H32N2O2S/c1-28(2,3)20-14-15-21-23(16-20)33-27(25(21)26(29)32)30-24(31)17-22(18-10-6-4-7-11-18)19-12-8-5-9-13-19/h4-13,20,22H,14-17H2,1-3H3,(H2,29,32)(H,30,31). The number of rotatable bonds is 6. The van der Waals surface area contributed by atoms with Gasteiger partial charge < -0.3 is 11.1 Å². The van der Waals surface area contributed by atoms with E-state index in [-0.39, 0.29) is 17.2 Å². The molecule has 2 amide bonds. The Bertz CT molecular complexity index is 1090. The number of hydrogen-bond acceptors (Lipinski definition) is 3. The minimum Gasteiger partial charge on any atom is -0.365 e. The summed E-state index contributed by atoms with van der Waals surface area (Å²) in [7, 11) is 0. The number of nitrogens with two attached hydrogens (primary N) is 1. The van der Waals surface area contributed by atoms with E-state index < -0.39 is 5.91 Å². The van der Waals surface area contributed by atoms with Crippen molar-refractivity contribution in [3.63, 3.8) is 0 Å². The van der Waals surface area contributed by atoms with Crippen LogP contribution in [0.2, 0.25) is 0 Å². The Labute approximate surface area is 200 Å². The van der Waals surface area contributed by atoms with Crippen molar-refractivity contribution in [3.05, 3.63) is 87.8 Å². The van der Waals surface area contributed by atoms with Crippen molar-refractivity contribution in [2.24, 2.45) is 17.1 Å². The van der Waals surface area contributed by atoms with Crippen LogP contribution in [-0.2, 0) is 17.6 Å². The summed E-state index contributed by atoms with van der Waals surface area (Å²) in [5, 5.41) is 3.66. The van der Waals surface area contributed by atoms with E-state index in [1.165, 1.54) is 16.2 Å². The Morgan fingerprint density at radius 1 is 1.03 bits per heavy atom. The van der Waals surface area contributed by atoms with E-state index in [1.807, 2.05) is 36.4 Å². The summed E-state index contributed by atoms with van der Waals surface area (Å²) in [5.74, 6) is -0.0846. The fourth-order valence-electron chi connectivity index (χ4n) is 4.84. The number of thiophene rings is 1. The molecule has 1 unspecified atom stereocenters. The molecule has 0 aliphatic heterocycles. The van der Waals surface area contributed by atoms with Gasteiger partial charge in [0.25, 0.3) is 5.91 Å². The zero-order valence-corrected chi connectivity index (χ0v) is 20.4. The Kier molecular flexibility index (Phi) is 6.71. The monoisotopic (exact) mass is 460 g/mol. The van der Waals surface area contributed by atoms with Gasteiger partial charge >= 0.3 is 0 Å². The molecule has 33 heavy (non-hydrogen) atoms. The topological polar surface area (TPSA) is 72.2 Å². The van der Waals surface area contributed by atoms with Crippen LogP contribution in [0.5, 0.6) is 0 Å². The Hall–Kier alpha value is -2.92. The molecule has 1 aromatic heterocycles. The predicted molar refractivity (Wildman–Crippen MR) is 136 cm³/mol. The number of fused-ring (bicyclic) bond motifs is 1. The fraction of sp³-hybridized carbons (Fsp3) is 0.357. The van der Waals surface area contributed by atoms with Crippen LogP contribution in [0, 0.1) is 11.3 Å². The van der Waals surface area contributed by atoms with Crippen LogP contribution in [0.4, 0.5) is 5.00 Å². The molecule has 0 bridgehead atoms. The number of anilines is 1. The number of nitrogens with one attached hydrogen (secondary N) is 1. The fourth-order valence-corrected chi connectivity index (χ4v) is 6.18. The highest BCUT2D eigenvalue weighted by atomic mass is 32.1. The lowest BCUT2D eigenvalue weighted by atomic mass is 9.72. The van der Waals surface area contributed by atoms with Crippen molar-refractivity contribution >= 4 is 28.2 Å². The average Bonchev–Trinajstić information content (AvgIpc) is 3.15. The molecule has 0 saturated carbocycles. The van der Waals surface area contributed by atoms with E-state index in [0.29, 0.717) is 22.9 Å². The van der Waals surface area contributed by atoms with Crippen molar-refractivity contribution in [3.8, 4) is 0 Å². The third-order valence-corrected chi connectivity index (χ3v) is 7.95. The third-order valence-electron chi connectivity index (χ3n) is 6.78. The number of primary amides is 1. The SMILES string of the molecule is CC(C)(C)C1CCc2c(sc(NC(=O)CC(c3ccccc3)c3ccccc3)c2C(N)=O)C1. The van der Waals surface area contributed by atoms with Gasteiger partial charge in [0.2, 0.25) is 5.91 Å². The summed E-state index contributed by atoms with van der Waals surface area (Å²) < 4.78 is 0. The molecule has 0 saturated heterocycles. The number of carbonyl (C=O) groups is 2. The molecule has 4 nitrogen and oxygen atoms in total. The maximum absolute atomic E-state index is 13.2. The van der Waals surface area contributed by atoms with Crippen LogP contribution in [0.1, 0.15) is 71.5 Å². The first kappa shape index (κ1) is 23.2. The molecule has 0 radical (unpaired) electrons. The highest BCUT2D eigenvalue weighted by Gasteiger charge is 2.33. The third kappa shape index (κ3) is 5.19. The minimum atomic E-state index is -0.459. The first-order valence-electron chi connectivity index (χ1n) is 11.6. The van der Waals surface area contributed by atoms with Crippen LogP contribution >= 0.6 is 11.3 Å². The molecule has 1 atom stereocenters. The van der Waals surface area contributed by atoms with Crippen molar-refractivity contribution in [1.82, 2.24) is 0 Å². The quantitative estimate of drug-likeness (QED) is 0.462.